The Hall–Kier alpha value is -2.17. The number of hydrogen-bond acceptors (Lipinski definition) is 6. The molecule has 0 atom stereocenters. The fraction of sp³-hybridized carbons (Fsp3) is 0.263. The molecule has 2 aromatic carbocycles. The van der Waals surface area contributed by atoms with E-state index in [1.165, 1.54) is 34.6 Å². The van der Waals surface area contributed by atoms with Crippen molar-refractivity contribution in [2.24, 2.45) is 0 Å². The Morgan fingerprint density at radius 3 is 2.53 bits per heavy atom. The van der Waals surface area contributed by atoms with Gasteiger partial charge in [-0.25, -0.2) is 13.2 Å². The molecule has 0 spiro atoms. The van der Waals surface area contributed by atoms with Crippen molar-refractivity contribution in [3.05, 3.63) is 58.1 Å². The molecular weight excluding hydrogens is 455 g/mol. The number of benzene rings is 2. The van der Waals surface area contributed by atoms with Crippen molar-refractivity contribution in [3.8, 4) is 0 Å². The van der Waals surface area contributed by atoms with Crippen molar-refractivity contribution >= 4 is 50.8 Å². The summed E-state index contributed by atoms with van der Waals surface area (Å²) in [7, 11) is -3.76. The number of hydrogen-bond donors (Lipinski definition) is 1. The van der Waals surface area contributed by atoms with Gasteiger partial charge in [0.2, 0.25) is 10.0 Å². The summed E-state index contributed by atoms with van der Waals surface area (Å²) in [5.74, 6) is -1.39. The lowest BCUT2D eigenvalue weighted by Gasteiger charge is -2.26. The number of carbonyl (C=O) groups excluding carboxylic acids is 2. The number of nitrogens with one attached hydrogen (secondary N) is 1. The summed E-state index contributed by atoms with van der Waals surface area (Å²) in [5.41, 5.74) is 0.293. The van der Waals surface area contributed by atoms with Gasteiger partial charge >= 0.3 is 5.97 Å². The van der Waals surface area contributed by atoms with Crippen molar-refractivity contribution in [1.29, 1.82) is 0 Å². The van der Waals surface area contributed by atoms with E-state index in [0.717, 1.165) is 0 Å². The smallest absolute Gasteiger partial charge is 0.338 e. The van der Waals surface area contributed by atoms with E-state index in [9.17, 15) is 18.0 Å². The minimum Gasteiger partial charge on any atom is -0.452 e. The maximum absolute atomic E-state index is 12.8. The molecule has 1 saturated heterocycles. The molecule has 11 heteroatoms. The zero-order valence-corrected chi connectivity index (χ0v) is 18.0. The van der Waals surface area contributed by atoms with E-state index in [1.54, 1.807) is 12.1 Å². The van der Waals surface area contributed by atoms with Crippen LogP contribution in [-0.4, -0.2) is 57.5 Å². The molecule has 0 bridgehead atoms. The second kappa shape index (κ2) is 9.76. The SMILES string of the molecule is O=C(COC(=O)c1cccc(Cl)c1)Nc1cc(S(=O)(=O)N2CCOCC2)ccc1Cl. The number of carbonyl (C=O) groups is 2. The molecule has 0 radical (unpaired) electrons. The number of rotatable bonds is 6. The third-order valence-corrected chi connectivity index (χ3v) is 6.67. The lowest BCUT2D eigenvalue weighted by atomic mass is 10.2. The van der Waals surface area contributed by atoms with Crippen LogP contribution in [0.15, 0.2) is 47.4 Å². The molecule has 30 heavy (non-hydrogen) atoms. The Morgan fingerprint density at radius 1 is 1.10 bits per heavy atom. The van der Waals surface area contributed by atoms with E-state index in [0.29, 0.717) is 18.2 Å². The molecule has 8 nitrogen and oxygen atoms in total. The van der Waals surface area contributed by atoms with Gasteiger partial charge < -0.3 is 14.8 Å². The number of sulfonamides is 1. The first-order valence-electron chi connectivity index (χ1n) is 8.87. The first-order valence-corrected chi connectivity index (χ1v) is 11.1. The van der Waals surface area contributed by atoms with Crippen LogP contribution in [-0.2, 0) is 24.3 Å². The van der Waals surface area contributed by atoms with Crippen molar-refractivity contribution < 1.29 is 27.5 Å². The van der Waals surface area contributed by atoms with E-state index in [1.807, 2.05) is 0 Å². The monoisotopic (exact) mass is 472 g/mol. The minimum atomic E-state index is -3.76. The van der Waals surface area contributed by atoms with Crippen molar-refractivity contribution in [1.82, 2.24) is 4.31 Å². The highest BCUT2D eigenvalue weighted by molar-refractivity contribution is 7.89. The van der Waals surface area contributed by atoms with Crippen LogP contribution >= 0.6 is 23.2 Å². The Bertz CT molecular complexity index is 1050. The molecular formula is C19H18Cl2N2O6S. The predicted molar refractivity (Wildman–Crippen MR) is 111 cm³/mol. The highest BCUT2D eigenvalue weighted by Gasteiger charge is 2.27. The normalized spacial score (nSPS) is 14.9. The van der Waals surface area contributed by atoms with Crippen LogP contribution in [0.1, 0.15) is 10.4 Å². The maximum Gasteiger partial charge on any atom is 0.338 e. The summed E-state index contributed by atoms with van der Waals surface area (Å²) in [6.07, 6.45) is 0. The molecule has 1 aliphatic heterocycles. The molecule has 1 fully saturated rings. The van der Waals surface area contributed by atoms with Crippen LogP contribution < -0.4 is 5.32 Å². The number of halogens is 2. The highest BCUT2D eigenvalue weighted by atomic mass is 35.5. The van der Waals surface area contributed by atoms with Crippen LogP contribution in [0.3, 0.4) is 0 Å². The zero-order chi connectivity index (χ0) is 21.7. The van der Waals surface area contributed by atoms with E-state index >= 15 is 0 Å². The van der Waals surface area contributed by atoms with Crippen molar-refractivity contribution in [3.63, 3.8) is 0 Å². The summed E-state index contributed by atoms with van der Waals surface area (Å²) >= 11 is 11.9. The summed E-state index contributed by atoms with van der Waals surface area (Å²) in [6, 6.07) is 10.1. The largest absolute Gasteiger partial charge is 0.452 e. The van der Waals surface area contributed by atoms with Gasteiger partial charge in [0.1, 0.15) is 0 Å². The fourth-order valence-corrected chi connectivity index (χ4v) is 4.50. The number of nitrogens with zero attached hydrogens (tertiary/aromatic N) is 1. The minimum absolute atomic E-state index is 0.0139. The average molecular weight is 473 g/mol. The Balaban J connectivity index is 1.66. The molecule has 0 aromatic heterocycles. The first-order chi connectivity index (χ1) is 14.3. The van der Waals surface area contributed by atoms with Gasteiger partial charge in [0.15, 0.2) is 6.61 Å². The van der Waals surface area contributed by atoms with Gasteiger partial charge in [0.25, 0.3) is 5.91 Å². The molecule has 2 aromatic rings. The number of amides is 1. The lowest BCUT2D eigenvalue weighted by molar-refractivity contribution is -0.119. The van der Waals surface area contributed by atoms with E-state index in [2.05, 4.69) is 5.32 Å². The Labute approximate surface area is 183 Å². The molecule has 0 saturated carbocycles. The summed E-state index contributed by atoms with van der Waals surface area (Å²) in [4.78, 5) is 24.2. The second-order valence-corrected chi connectivity index (χ2v) is 9.07. The van der Waals surface area contributed by atoms with E-state index in [-0.39, 0.29) is 34.3 Å². The summed E-state index contributed by atoms with van der Waals surface area (Å²) in [5, 5.41) is 2.97. The van der Waals surface area contributed by atoms with Crippen LogP contribution in [0.5, 0.6) is 0 Å². The zero-order valence-electron chi connectivity index (χ0n) is 15.6. The third-order valence-electron chi connectivity index (χ3n) is 4.21. The molecule has 1 N–H and O–H groups in total. The second-order valence-electron chi connectivity index (χ2n) is 6.29. The summed E-state index contributed by atoms with van der Waals surface area (Å²) < 4.78 is 37.0. The van der Waals surface area contributed by atoms with Gasteiger partial charge in [-0.15, -0.1) is 0 Å². The molecule has 1 heterocycles. The van der Waals surface area contributed by atoms with Gasteiger partial charge in [-0.05, 0) is 36.4 Å². The van der Waals surface area contributed by atoms with Gasteiger partial charge in [0, 0.05) is 18.1 Å². The molecule has 0 unspecified atom stereocenters. The van der Waals surface area contributed by atoms with Crippen LogP contribution in [0.2, 0.25) is 10.0 Å². The number of ether oxygens (including phenoxy) is 2. The average Bonchev–Trinajstić information content (AvgIpc) is 2.74. The summed E-state index contributed by atoms with van der Waals surface area (Å²) in [6.45, 7) is 0.531. The third kappa shape index (κ3) is 5.50. The maximum atomic E-state index is 12.8. The van der Waals surface area contributed by atoms with Gasteiger partial charge in [-0.1, -0.05) is 29.3 Å². The van der Waals surface area contributed by atoms with Crippen LogP contribution in [0.4, 0.5) is 5.69 Å². The highest BCUT2D eigenvalue weighted by Crippen LogP contribution is 2.27. The lowest BCUT2D eigenvalue weighted by Crippen LogP contribution is -2.40. The van der Waals surface area contributed by atoms with Gasteiger partial charge in [0.05, 0.1) is 34.4 Å². The topological polar surface area (TPSA) is 102 Å². The molecule has 0 aliphatic carbocycles. The quantitative estimate of drug-likeness (QED) is 0.648. The Kier molecular flexibility index (Phi) is 7.32. The number of morpholine rings is 1. The van der Waals surface area contributed by atoms with Crippen LogP contribution in [0, 0.1) is 0 Å². The van der Waals surface area contributed by atoms with E-state index in [4.69, 9.17) is 32.7 Å². The molecule has 160 valence electrons. The van der Waals surface area contributed by atoms with E-state index < -0.39 is 28.5 Å². The first kappa shape index (κ1) is 22.5. The number of anilines is 1. The van der Waals surface area contributed by atoms with Gasteiger partial charge in [-0.3, -0.25) is 4.79 Å². The number of esters is 1. The fourth-order valence-electron chi connectivity index (χ4n) is 2.71. The molecule has 1 amide bonds. The predicted octanol–water partition coefficient (Wildman–Crippen LogP) is 2.81. The molecule has 3 rings (SSSR count). The van der Waals surface area contributed by atoms with Crippen molar-refractivity contribution in [2.75, 3.05) is 38.2 Å². The standard InChI is InChI=1S/C19H18Cl2N2O6S/c20-14-3-1-2-13(10-14)19(25)29-12-18(24)22-17-11-15(4-5-16(17)21)30(26,27)23-6-8-28-9-7-23/h1-5,10-11H,6-9,12H2,(H,22,24). The molecule has 1 aliphatic rings. The van der Waals surface area contributed by atoms with Crippen molar-refractivity contribution in [2.45, 2.75) is 4.90 Å². The Morgan fingerprint density at radius 2 is 1.83 bits per heavy atom. The van der Waals surface area contributed by atoms with Crippen LogP contribution in [0.25, 0.3) is 0 Å². The van der Waals surface area contributed by atoms with Gasteiger partial charge in [-0.2, -0.15) is 4.31 Å².